The number of carbonyl (C=O) groups excluding carboxylic acids is 6. The quantitative estimate of drug-likeness (QED) is 0.109. The van der Waals surface area contributed by atoms with Crippen molar-refractivity contribution in [1.29, 1.82) is 0 Å². The molecule has 0 radical (unpaired) electrons. The van der Waals surface area contributed by atoms with Gasteiger partial charge in [-0.2, -0.15) is 0 Å². The number of phenolic OH excluding ortho intramolecular Hbond substituents is 5. The number of carboxylic acids is 1. The maximum atomic E-state index is 15.6. The summed E-state index contributed by atoms with van der Waals surface area (Å²) >= 11 is 12.9. The third kappa shape index (κ3) is 11.9. The lowest BCUT2D eigenvalue weighted by atomic mass is 9.89. The van der Waals surface area contributed by atoms with Gasteiger partial charge in [-0.3, -0.25) is 28.8 Å². The van der Waals surface area contributed by atoms with E-state index in [0.29, 0.717) is 5.56 Å². The Kier molecular flexibility index (Phi) is 16.2. The van der Waals surface area contributed by atoms with E-state index in [1.54, 1.807) is 30.3 Å². The molecule has 0 saturated heterocycles. The standard InChI is InChI=1S/C59H49Cl2N7O17/c60-34-18-26(8-14-38(34)71)44(62)54(77)67-48-50(73)25-6-11-31(12-7-25)84-41-20-29-21-42(52(41)75)85-40-15-10-28(19-35(40)61)51(74)49-58(81)66-47(59(82)83)33-22-30(69)23-39(72)43(33)32-17-27(9-13-37(32)70)45(55(78)68-49)65-56(79)46(29)64-53(76)36(63-57(48)80)16-24-4-2-1-3-5-24/h1-15,17-23,36,44-51,69-75H,16,62H2,(H,63,80)(H,64,76)(H,65,79)(H,66,81)(H,67,77)(H,68,78)(H,82,83)/t36-,44+,45+,46+,47-,48+,49-,50+,51+/m0/s1. The van der Waals surface area contributed by atoms with E-state index in [-0.39, 0.29) is 67.1 Å². The molecule has 0 fully saturated rings. The smallest absolute Gasteiger partial charge is 0.330 e. The highest BCUT2D eigenvalue weighted by Crippen LogP contribution is 2.47. The Morgan fingerprint density at radius 3 is 1.92 bits per heavy atom. The van der Waals surface area contributed by atoms with Gasteiger partial charge in [-0.15, -0.1) is 0 Å². The van der Waals surface area contributed by atoms with Crippen LogP contribution in [0.5, 0.6) is 51.7 Å². The van der Waals surface area contributed by atoms with Crippen LogP contribution in [0.2, 0.25) is 10.0 Å². The SMILES string of the molecule is N[C@@H](C(=O)N[C@H]1C(=O)N[C@@H](Cc2ccccc2)C(=O)N[C@H]2C(=O)N[C@H]3C(=O)N[C@H](C(=O)N[C@H](C(=O)O)c4cc(O)cc(O)c4-c4cc3ccc4O)[C@H](O)c3ccc(c(Cl)c3)Oc3cc2cc(c3O)Oc2ccc(cc2)[C@H]1O)c1ccc(O)c(Cl)c1. The number of fused-ring (bicyclic) bond motifs is 15. The Balaban J connectivity index is 1.16. The minimum Gasteiger partial charge on any atom is -0.508 e. The number of ether oxygens (including phenoxy) is 2. The van der Waals surface area contributed by atoms with Gasteiger partial charge < -0.3 is 88.0 Å². The first-order valence-corrected chi connectivity index (χ1v) is 26.5. The number of halogens is 2. The van der Waals surface area contributed by atoms with E-state index < -0.39 is 142 Å². The Hall–Kier alpha value is -10.1. The Morgan fingerprint density at radius 2 is 1.22 bits per heavy atom. The van der Waals surface area contributed by atoms with Gasteiger partial charge in [-0.05, 0) is 100 Å². The molecule has 7 aromatic carbocycles. The van der Waals surface area contributed by atoms with E-state index in [4.69, 9.17) is 38.4 Å². The molecule has 85 heavy (non-hydrogen) atoms. The first-order chi connectivity index (χ1) is 40.5. The van der Waals surface area contributed by atoms with Crippen molar-refractivity contribution < 1.29 is 83.9 Å². The van der Waals surface area contributed by atoms with Crippen molar-refractivity contribution >= 4 is 64.6 Å². The predicted octanol–water partition coefficient (Wildman–Crippen LogP) is 4.53. The molecule has 5 aliphatic heterocycles. The molecule has 0 aliphatic carbocycles. The van der Waals surface area contributed by atoms with Gasteiger partial charge in [-0.1, -0.05) is 83.9 Å². The van der Waals surface area contributed by atoms with Crippen LogP contribution in [0.4, 0.5) is 0 Å². The van der Waals surface area contributed by atoms with Crippen LogP contribution in [-0.4, -0.2) is 100 Å². The van der Waals surface area contributed by atoms with E-state index in [2.05, 4.69) is 31.9 Å². The van der Waals surface area contributed by atoms with Crippen LogP contribution in [0.3, 0.4) is 0 Å². The number of phenols is 5. The molecular weight excluding hydrogens is 1150 g/mol. The maximum Gasteiger partial charge on any atom is 0.330 e. The molecule has 436 valence electrons. The van der Waals surface area contributed by atoms with Crippen molar-refractivity contribution in [1.82, 2.24) is 31.9 Å². The number of hydrogen-bond acceptors (Lipinski definition) is 17. The number of aliphatic hydroxyl groups excluding tert-OH is 2. The van der Waals surface area contributed by atoms with E-state index in [0.717, 1.165) is 48.5 Å². The number of aliphatic carboxylic acids is 1. The first kappa shape index (κ1) is 58.1. The largest absolute Gasteiger partial charge is 0.508 e. The van der Waals surface area contributed by atoms with Crippen molar-refractivity contribution in [3.63, 3.8) is 0 Å². The first-order valence-electron chi connectivity index (χ1n) is 25.7. The van der Waals surface area contributed by atoms with Gasteiger partial charge >= 0.3 is 5.97 Å². The van der Waals surface area contributed by atoms with Gasteiger partial charge in [0.15, 0.2) is 17.5 Å². The normalized spacial score (nSPS) is 21.7. The molecule has 0 unspecified atom stereocenters. The van der Waals surface area contributed by atoms with Crippen LogP contribution in [0.25, 0.3) is 11.1 Å². The van der Waals surface area contributed by atoms with Crippen LogP contribution in [0.15, 0.2) is 133 Å². The summed E-state index contributed by atoms with van der Waals surface area (Å²) in [5, 5.41) is 105. The third-order valence-corrected chi connectivity index (χ3v) is 15.0. The zero-order chi connectivity index (χ0) is 60.7. The molecule has 12 rings (SSSR count). The Labute approximate surface area is 490 Å². The zero-order valence-corrected chi connectivity index (χ0v) is 45.2. The van der Waals surface area contributed by atoms with Gasteiger partial charge in [0.2, 0.25) is 41.2 Å². The molecule has 0 spiro atoms. The minimum absolute atomic E-state index is 0.0218. The highest BCUT2D eigenvalue weighted by Gasteiger charge is 2.41. The average Bonchev–Trinajstić information content (AvgIpc) is 1.96. The van der Waals surface area contributed by atoms with Gasteiger partial charge in [0.25, 0.3) is 0 Å². The number of nitrogens with one attached hydrogen (secondary N) is 6. The molecule has 9 atom stereocenters. The average molecular weight is 1200 g/mol. The summed E-state index contributed by atoms with van der Waals surface area (Å²) in [6.45, 7) is 0. The number of carbonyl (C=O) groups is 7. The molecule has 5 aliphatic rings. The van der Waals surface area contributed by atoms with Crippen molar-refractivity contribution in [2.75, 3.05) is 0 Å². The second-order valence-corrected chi connectivity index (χ2v) is 20.8. The molecule has 7 aromatic rings. The molecule has 24 nitrogen and oxygen atoms in total. The highest BCUT2D eigenvalue weighted by molar-refractivity contribution is 6.32. The fraction of sp³-hybridized carbons (Fsp3) is 0.169. The fourth-order valence-electron chi connectivity index (χ4n) is 9.98. The molecular formula is C59H49Cl2N7O17. The Bertz CT molecular complexity index is 3870. The van der Waals surface area contributed by atoms with Crippen molar-refractivity contribution in [3.05, 3.63) is 182 Å². The summed E-state index contributed by atoms with van der Waals surface area (Å²) in [5.74, 6) is -13.4. The maximum absolute atomic E-state index is 15.6. The van der Waals surface area contributed by atoms with Gasteiger partial charge in [-0.25, -0.2) is 4.79 Å². The number of amides is 6. The number of rotatable bonds is 6. The summed E-state index contributed by atoms with van der Waals surface area (Å²) < 4.78 is 12.4. The fourth-order valence-corrected chi connectivity index (χ4v) is 10.4. The zero-order valence-electron chi connectivity index (χ0n) is 43.7. The van der Waals surface area contributed by atoms with Gasteiger partial charge in [0, 0.05) is 29.2 Å². The van der Waals surface area contributed by atoms with E-state index >= 15 is 14.4 Å². The van der Waals surface area contributed by atoms with Gasteiger partial charge in [0.1, 0.15) is 83.0 Å². The third-order valence-electron chi connectivity index (χ3n) is 14.4. The molecule has 11 bridgehead atoms. The van der Waals surface area contributed by atoms with E-state index in [9.17, 15) is 60.0 Å². The van der Waals surface area contributed by atoms with Crippen LogP contribution in [0.1, 0.15) is 75.3 Å². The van der Waals surface area contributed by atoms with Gasteiger partial charge in [0.05, 0.1) is 10.0 Å². The molecule has 26 heteroatoms. The summed E-state index contributed by atoms with van der Waals surface area (Å²) in [5.41, 5.74) is 4.87. The monoisotopic (exact) mass is 1200 g/mol. The second kappa shape index (κ2) is 23.6. The molecule has 0 saturated carbocycles. The number of benzene rings is 7. The number of nitrogens with two attached hydrogens (primary N) is 1. The van der Waals surface area contributed by atoms with Crippen LogP contribution in [-0.2, 0) is 40.0 Å². The summed E-state index contributed by atoms with van der Waals surface area (Å²) in [6.07, 6.45) is -4.33. The minimum atomic E-state index is -2.17. The predicted molar refractivity (Wildman–Crippen MR) is 299 cm³/mol. The molecule has 5 heterocycles. The Morgan fingerprint density at radius 1 is 0.576 bits per heavy atom. The second-order valence-electron chi connectivity index (χ2n) is 20.0. The van der Waals surface area contributed by atoms with Crippen LogP contribution < -0.4 is 47.1 Å². The van der Waals surface area contributed by atoms with Crippen molar-refractivity contribution in [2.45, 2.75) is 60.9 Å². The highest BCUT2D eigenvalue weighted by atomic mass is 35.5. The summed E-state index contributed by atoms with van der Waals surface area (Å²) in [6, 6.07) is 14.3. The van der Waals surface area contributed by atoms with Crippen molar-refractivity contribution in [3.8, 4) is 62.9 Å². The lowest BCUT2D eigenvalue weighted by molar-refractivity contribution is -0.143. The summed E-state index contributed by atoms with van der Waals surface area (Å²) in [7, 11) is 0. The number of carboxylic acid groups (broad SMARTS) is 1. The summed E-state index contributed by atoms with van der Waals surface area (Å²) in [4.78, 5) is 102. The lowest BCUT2D eigenvalue weighted by Crippen LogP contribution is -2.58. The number of aromatic hydroxyl groups is 5. The van der Waals surface area contributed by atoms with Crippen LogP contribution >= 0.6 is 23.2 Å². The van der Waals surface area contributed by atoms with E-state index in [1.807, 2.05) is 0 Å². The van der Waals surface area contributed by atoms with Crippen molar-refractivity contribution in [2.24, 2.45) is 5.73 Å². The molecule has 6 amide bonds. The van der Waals surface area contributed by atoms with Crippen LogP contribution in [0, 0.1) is 0 Å². The number of hydrogen-bond donors (Lipinski definition) is 15. The molecule has 16 N–H and O–H groups in total. The number of aliphatic hydroxyl groups is 2. The topological polar surface area (TPSA) is 398 Å². The van der Waals surface area contributed by atoms with E-state index in [1.165, 1.54) is 54.6 Å². The lowest BCUT2D eigenvalue weighted by Gasteiger charge is -2.31. The molecule has 0 aromatic heterocycles.